The molecule has 0 unspecified atom stereocenters. The first kappa shape index (κ1) is 14.5. The first-order valence-electron chi connectivity index (χ1n) is 6.07. The Balaban J connectivity index is 2.41. The van der Waals surface area contributed by atoms with Crippen molar-refractivity contribution >= 4 is 17.5 Å². The Labute approximate surface area is 122 Å². The standard InChI is InChI=1S/C13H16N6O2/c1-19(9-6-4-5-8(7-9)10(14)15)11-16-12(20-2)18-13(17-11)21-3/h4-7H,1-3H3,(H3,14,15). The summed E-state index contributed by atoms with van der Waals surface area (Å²) in [5, 5.41) is 7.48. The van der Waals surface area contributed by atoms with E-state index in [1.54, 1.807) is 30.1 Å². The van der Waals surface area contributed by atoms with Gasteiger partial charge in [-0.25, -0.2) is 0 Å². The van der Waals surface area contributed by atoms with Gasteiger partial charge in [0.2, 0.25) is 5.95 Å². The molecule has 1 aromatic heterocycles. The lowest BCUT2D eigenvalue weighted by atomic mass is 10.2. The highest BCUT2D eigenvalue weighted by molar-refractivity contribution is 5.95. The van der Waals surface area contributed by atoms with E-state index in [9.17, 15) is 0 Å². The number of methoxy groups -OCH3 is 2. The molecule has 0 bridgehead atoms. The van der Waals surface area contributed by atoms with Crippen LogP contribution in [0.2, 0.25) is 0 Å². The molecule has 1 heterocycles. The number of aromatic nitrogens is 3. The van der Waals surface area contributed by atoms with Crippen LogP contribution in [0.3, 0.4) is 0 Å². The van der Waals surface area contributed by atoms with Crippen molar-refractivity contribution in [1.29, 1.82) is 5.41 Å². The average molecular weight is 288 g/mol. The van der Waals surface area contributed by atoms with Crippen molar-refractivity contribution in [3.8, 4) is 12.0 Å². The van der Waals surface area contributed by atoms with Crippen molar-refractivity contribution in [2.24, 2.45) is 5.73 Å². The van der Waals surface area contributed by atoms with Crippen molar-refractivity contribution in [3.63, 3.8) is 0 Å². The highest BCUT2D eigenvalue weighted by Crippen LogP contribution is 2.23. The number of nitrogens with one attached hydrogen (secondary N) is 1. The Hall–Kier alpha value is -2.90. The van der Waals surface area contributed by atoms with E-state index >= 15 is 0 Å². The largest absolute Gasteiger partial charge is 0.467 e. The first-order valence-corrected chi connectivity index (χ1v) is 6.07. The van der Waals surface area contributed by atoms with Gasteiger partial charge in [0.25, 0.3) is 0 Å². The van der Waals surface area contributed by atoms with Crippen LogP contribution in [0, 0.1) is 5.41 Å². The van der Waals surface area contributed by atoms with E-state index < -0.39 is 0 Å². The van der Waals surface area contributed by atoms with Crippen molar-refractivity contribution in [1.82, 2.24) is 15.0 Å². The lowest BCUT2D eigenvalue weighted by molar-refractivity contribution is 0.340. The zero-order valence-electron chi connectivity index (χ0n) is 12.0. The van der Waals surface area contributed by atoms with Gasteiger partial charge < -0.3 is 20.1 Å². The molecule has 110 valence electrons. The minimum absolute atomic E-state index is 0.00365. The van der Waals surface area contributed by atoms with Crippen molar-refractivity contribution in [2.45, 2.75) is 0 Å². The second-order valence-electron chi connectivity index (χ2n) is 4.13. The lowest BCUT2D eigenvalue weighted by Crippen LogP contribution is -2.16. The van der Waals surface area contributed by atoms with Crippen LogP contribution in [0.1, 0.15) is 5.56 Å². The predicted molar refractivity (Wildman–Crippen MR) is 78.5 cm³/mol. The number of amidine groups is 1. The predicted octanol–water partition coefficient (Wildman–Crippen LogP) is 0.941. The molecule has 21 heavy (non-hydrogen) atoms. The summed E-state index contributed by atoms with van der Waals surface area (Å²) in [6.07, 6.45) is 0. The van der Waals surface area contributed by atoms with Gasteiger partial charge in [0, 0.05) is 18.3 Å². The van der Waals surface area contributed by atoms with Crippen LogP contribution >= 0.6 is 0 Å². The third-order valence-electron chi connectivity index (χ3n) is 2.79. The monoisotopic (exact) mass is 288 g/mol. The Morgan fingerprint density at radius 2 is 1.76 bits per heavy atom. The van der Waals surface area contributed by atoms with Crippen molar-refractivity contribution in [2.75, 3.05) is 26.2 Å². The van der Waals surface area contributed by atoms with Crippen LogP contribution in [0.4, 0.5) is 11.6 Å². The molecule has 0 fully saturated rings. The number of hydrogen-bond acceptors (Lipinski definition) is 7. The summed E-state index contributed by atoms with van der Waals surface area (Å²) in [5.74, 6) is 0.357. The molecule has 0 radical (unpaired) electrons. The molecule has 3 N–H and O–H groups in total. The summed E-state index contributed by atoms with van der Waals surface area (Å²) in [4.78, 5) is 14.0. The second kappa shape index (κ2) is 6.04. The van der Waals surface area contributed by atoms with E-state index in [4.69, 9.17) is 20.6 Å². The summed E-state index contributed by atoms with van der Waals surface area (Å²) >= 11 is 0. The van der Waals surface area contributed by atoms with E-state index in [1.165, 1.54) is 14.2 Å². The van der Waals surface area contributed by atoms with Gasteiger partial charge in [0.1, 0.15) is 5.84 Å². The molecule has 2 rings (SSSR count). The Morgan fingerprint density at radius 1 is 1.14 bits per heavy atom. The van der Waals surface area contributed by atoms with E-state index in [2.05, 4.69) is 15.0 Å². The summed E-state index contributed by atoms with van der Waals surface area (Å²) in [6.45, 7) is 0. The van der Waals surface area contributed by atoms with Gasteiger partial charge in [0.15, 0.2) is 0 Å². The fourth-order valence-electron chi connectivity index (χ4n) is 1.66. The van der Waals surface area contributed by atoms with Crippen LogP contribution in [-0.4, -0.2) is 42.1 Å². The van der Waals surface area contributed by atoms with Gasteiger partial charge in [-0.1, -0.05) is 12.1 Å². The van der Waals surface area contributed by atoms with Crippen LogP contribution in [-0.2, 0) is 0 Å². The maximum atomic E-state index is 7.48. The number of anilines is 2. The molecule has 0 saturated heterocycles. The van der Waals surface area contributed by atoms with Gasteiger partial charge >= 0.3 is 12.0 Å². The summed E-state index contributed by atoms with van der Waals surface area (Å²) < 4.78 is 10.0. The highest BCUT2D eigenvalue weighted by Gasteiger charge is 2.13. The molecule has 0 aliphatic carbocycles. The fraction of sp³-hybridized carbons (Fsp3) is 0.231. The number of rotatable bonds is 5. The summed E-state index contributed by atoms with van der Waals surface area (Å²) in [6, 6.07) is 7.50. The lowest BCUT2D eigenvalue weighted by Gasteiger charge is -2.18. The minimum atomic E-state index is -0.00365. The molecule has 0 atom stereocenters. The van der Waals surface area contributed by atoms with Crippen LogP contribution in [0.5, 0.6) is 12.0 Å². The zero-order valence-corrected chi connectivity index (χ0v) is 12.0. The van der Waals surface area contributed by atoms with Gasteiger partial charge in [-0.05, 0) is 12.1 Å². The molecule has 0 amide bonds. The fourth-order valence-corrected chi connectivity index (χ4v) is 1.66. The van der Waals surface area contributed by atoms with Crippen LogP contribution in [0.15, 0.2) is 24.3 Å². The van der Waals surface area contributed by atoms with Crippen molar-refractivity contribution < 1.29 is 9.47 Å². The van der Waals surface area contributed by atoms with Crippen molar-refractivity contribution in [3.05, 3.63) is 29.8 Å². The molecule has 0 aliphatic heterocycles. The third-order valence-corrected chi connectivity index (χ3v) is 2.79. The topological polar surface area (TPSA) is 110 Å². The van der Waals surface area contributed by atoms with Gasteiger partial charge in [-0.2, -0.15) is 9.97 Å². The minimum Gasteiger partial charge on any atom is -0.467 e. The zero-order chi connectivity index (χ0) is 15.4. The summed E-state index contributed by atoms with van der Waals surface area (Å²) in [5.41, 5.74) is 6.89. The van der Waals surface area contributed by atoms with Gasteiger partial charge in [-0.3, -0.25) is 5.41 Å². The Morgan fingerprint density at radius 3 is 2.29 bits per heavy atom. The molecular formula is C13H16N6O2. The highest BCUT2D eigenvalue weighted by atomic mass is 16.5. The molecule has 8 heteroatoms. The van der Waals surface area contributed by atoms with E-state index in [-0.39, 0.29) is 17.9 Å². The Kier molecular flexibility index (Phi) is 4.17. The third kappa shape index (κ3) is 3.16. The molecule has 0 spiro atoms. The van der Waals surface area contributed by atoms with Gasteiger partial charge in [-0.15, -0.1) is 4.98 Å². The quantitative estimate of drug-likeness (QED) is 0.622. The molecule has 8 nitrogen and oxygen atoms in total. The average Bonchev–Trinajstić information content (AvgIpc) is 2.53. The Bertz CT molecular complexity index is 639. The summed E-state index contributed by atoms with van der Waals surface area (Å²) in [7, 11) is 4.72. The number of hydrogen-bond donors (Lipinski definition) is 2. The number of nitrogens with two attached hydrogens (primary N) is 1. The van der Waals surface area contributed by atoms with Gasteiger partial charge in [0.05, 0.1) is 14.2 Å². The maximum Gasteiger partial charge on any atom is 0.324 e. The molecule has 2 aromatic rings. The van der Waals surface area contributed by atoms with E-state index in [0.717, 1.165) is 5.69 Å². The smallest absolute Gasteiger partial charge is 0.324 e. The molecule has 0 saturated carbocycles. The molecule has 0 aliphatic rings. The SMILES string of the molecule is COc1nc(OC)nc(N(C)c2cccc(C(=N)N)c2)n1. The normalized spacial score (nSPS) is 10.0. The number of ether oxygens (including phenoxy) is 2. The molecule has 1 aromatic carbocycles. The van der Waals surface area contributed by atoms with E-state index in [0.29, 0.717) is 11.5 Å². The maximum absolute atomic E-state index is 7.48. The first-order chi connectivity index (χ1) is 10.0. The van der Waals surface area contributed by atoms with Crippen LogP contribution in [0.25, 0.3) is 0 Å². The van der Waals surface area contributed by atoms with E-state index in [1.807, 2.05) is 6.07 Å². The van der Waals surface area contributed by atoms with Crippen LogP contribution < -0.4 is 20.1 Å². The number of benzene rings is 1. The number of nitrogens with zero attached hydrogens (tertiary/aromatic N) is 4. The number of nitrogen functional groups attached to an aromatic ring is 1. The second-order valence-corrected chi connectivity index (χ2v) is 4.13. The molecular weight excluding hydrogens is 272 g/mol.